The largest absolute Gasteiger partial charge is 0.495 e. The summed E-state index contributed by atoms with van der Waals surface area (Å²) in [6.45, 7) is 0.601. The lowest BCUT2D eigenvalue weighted by molar-refractivity contribution is -0.120. The van der Waals surface area contributed by atoms with E-state index in [4.69, 9.17) is 16.3 Å². The first-order valence-corrected chi connectivity index (χ1v) is 11.0. The van der Waals surface area contributed by atoms with E-state index < -0.39 is 15.9 Å². The van der Waals surface area contributed by atoms with Crippen molar-refractivity contribution in [3.63, 3.8) is 0 Å². The molecular weight excluding hydrogens is 400 g/mol. The molecule has 8 heteroatoms. The minimum Gasteiger partial charge on any atom is -0.495 e. The summed E-state index contributed by atoms with van der Waals surface area (Å²) in [4.78, 5) is 12.7. The van der Waals surface area contributed by atoms with Crippen LogP contribution in [0, 0.1) is 5.92 Å². The van der Waals surface area contributed by atoms with Gasteiger partial charge in [0.25, 0.3) is 0 Å². The molecule has 3 rings (SSSR count). The minimum atomic E-state index is -3.49. The lowest BCUT2D eigenvalue weighted by Crippen LogP contribution is -2.44. The first kappa shape index (κ1) is 20.6. The molecule has 0 aromatic heterocycles. The molecule has 6 nitrogen and oxygen atoms in total. The van der Waals surface area contributed by atoms with Crippen molar-refractivity contribution < 1.29 is 17.9 Å². The average molecular weight is 423 g/mol. The third-order valence-corrected chi connectivity index (χ3v) is 6.81. The third-order valence-electron chi connectivity index (χ3n) is 4.76. The average Bonchev–Trinajstić information content (AvgIpc) is 2.69. The maximum atomic E-state index is 12.8. The summed E-state index contributed by atoms with van der Waals surface area (Å²) >= 11 is 6.01. The second-order valence-electron chi connectivity index (χ2n) is 6.77. The minimum absolute atomic E-state index is 0.0652. The summed E-state index contributed by atoms with van der Waals surface area (Å²) in [5.74, 6) is -0.227. The van der Waals surface area contributed by atoms with E-state index in [9.17, 15) is 13.2 Å². The molecule has 0 aliphatic carbocycles. The van der Waals surface area contributed by atoms with Gasteiger partial charge < -0.3 is 10.1 Å². The van der Waals surface area contributed by atoms with Crippen LogP contribution in [-0.4, -0.2) is 38.8 Å². The molecule has 1 heterocycles. The van der Waals surface area contributed by atoms with Crippen molar-refractivity contribution in [1.29, 1.82) is 0 Å². The van der Waals surface area contributed by atoms with Crippen LogP contribution in [0.4, 0.5) is 5.69 Å². The van der Waals surface area contributed by atoms with E-state index in [1.807, 2.05) is 18.2 Å². The Balaban J connectivity index is 1.69. The molecule has 2 aromatic rings. The van der Waals surface area contributed by atoms with Gasteiger partial charge in [-0.1, -0.05) is 41.9 Å². The summed E-state index contributed by atoms with van der Waals surface area (Å²) in [7, 11) is -1.98. The van der Waals surface area contributed by atoms with Gasteiger partial charge in [0.05, 0.1) is 24.5 Å². The van der Waals surface area contributed by atoms with Crippen molar-refractivity contribution in [3.8, 4) is 5.75 Å². The number of sulfonamides is 1. The number of halogens is 1. The molecule has 0 spiro atoms. The second-order valence-corrected chi connectivity index (χ2v) is 9.18. The Bertz CT molecular complexity index is 934. The fourth-order valence-electron chi connectivity index (χ4n) is 3.30. The highest BCUT2D eigenvalue weighted by atomic mass is 35.5. The number of nitrogens with one attached hydrogen (secondary N) is 1. The number of amides is 1. The Morgan fingerprint density at radius 3 is 2.71 bits per heavy atom. The smallest absolute Gasteiger partial charge is 0.228 e. The number of rotatable bonds is 6. The molecule has 0 radical (unpaired) electrons. The molecule has 28 heavy (non-hydrogen) atoms. The number of nitrogens with zero attached hydrogens (tertiary/aromatic N) is 1. The molecule has 0 bridgehead atoms. The Kier molecular flexibility index (Phi) is 6.59. The number of carbonyl (C=O) groups is 1. The maximum Gasteiger partial charge on any atom is 0.228 e. The highest BCUT2D eigenvalue weighted by Gasteiger charge is 2.32. The molecule has 1 aliphatic heterocycles. The van der Waals surface area contributed by atoms with Crippen LogP contribution in [0.2, 0.25) is 5.02 Å². The number of hydrogen-bond donors (Lipinski definition) is 1. The van der Waals surface area contributed by atoms with Gasteiger partial charge in [-0.15, -0.1) is 0 Å². The number of methoxy groups -OCH3 is 1. The fourth-order valence-corrected chi connectivity index (χ4v) is 5.08. The van der Waals surface area contributed by atoms with Crippen LogP contribution in [-0.2, 0) is 20.6 Å². The molecular formula is C20H23ClN2O4S. The molecule has 2 aromatic carbocycles. The number of piperidine rings is 1. The van der Waals surface area contributed by atoms with Crippen LogP contribution in [0.5, 0.6) is 5.75 Å². The van der Waals surface area contributed by atoms with Gasteiger partial charge in [0, 0.05) is 18.1 Å². The molecule has 1 aliphatic rings. The van der Waals surface area contributed by atoms with Crippen molar-refractivity contribution in [2.75, 3.05) is 25.5 Å². The zero-order valence-corrected chi connectivity index (χ0v) is 17.2. The van der Waals surface area contributed by atoms with E-state index in [-0.39, 0.29) is 18.2 Å². The quantitative estimate of drug-likeness (QED) is 0.772. The third kappa shape index (κ3) is 5.04. The second kappa shape index (κ2) is 8.94. The molecule has 1 amide bonds. The van der Waals surface area contributed by atoms with E-state index in [2.05, 4.69) is 5.32 Å². The van der Waals surface area contributed by atoms with Gasteiger partial charge >= 0.3 is 0 Å². The molecule has 150 valence electrons. The predicted molar refractivity (Wildman–Crippen MR) is 110 cm³/mol. The summed E-state index contributed by atoms with van der Waals surface area (Å²) in [5, 5.41) is 3.30. The molecule has 1 saturated heterocycles. The van der Waals surface area contributed by atoms with E-state index in [1.54, 1.807) is 30.3 Å². The van der Waals surface area contributed by atoms with Crippen molar-refractivity contribution in [2.45, 2.75) is 18.6 Å². The molecule has 1 N–H and O–H groups in total. The SMILES string of the molecule is COc1ccc(Cl)cc1NC(=O)[C@H]1CCCN(S(=O)(=O)Cc2ccccc2)C1. The fraction of sp³-hybridized carbons (Fsp3) is 0.350. The highest BCUT2D eigenvalue weighted by molar-refractivity contribution is 7.88. The van der Waals surface area contributed by atoms with E-state index in [0.29, 0.717) is 35.8 Å². The number of carbonyl (C=O) groups excluding carboxylic acids is 1. The van der Waals surface area contributed by atoms with Crippen LogP contribution >= 0.6 is 11.6 Å². The van der Waals surface area contributed by atoms with Gasteiger partial charge in [-0.3, -0.25) is 4.79 Å². The molecule has 1 fully saturated rings. The zero-order valence-electron chi connectivity index (χ0n) is 15.6. The van der Waals surface area contributed by atoms with Crippen molar-refractivity contribution in [1.82, 2.24) is 4.31 Å². The van der Waals surface area contributed by atoms with Crippen LogP contribution in [0.3, 0.4) is 0 Å². The number of hydrogen-bond acceptors (Lipinski definition) is 4. The number of anilines is 1. The molecule has 0 saturated carbocycles. The van der Waals surface area contributed by atoms with Crippen molar-refractivity contribution in [3.05, 3.63) is 59.1 Å². The van der Waals surface area contributed by atoms with Gasteiger partial charge in [0.15, 0.2) is 0 Å². The summed E-state index contributed by atoms with van der Waals surface area (Å²) in [6, 6.07) is 14.0. The van der Waals surface area contributed by atoms with Crippen LogP contribution in [0.15, 0.2) is 48.5 Å². The highest BCUT2D eigenvalue weighted by Crippen LogP contribution is 2.29. The Labute approximate surface area is 170 Å². The van der Waals surface area contributed by atoms with Gasteiger partial charge in [-0.2, -0.15) is 0 Å². The van der Waals surface area contributed by atoms with Gasteiger partial charge in [-0.25, -0.2) is 12.7 Å². The van der Waals surface area contributed by atoms with E-state index in [0.717, 1.165) is 5.56 Å². The van der Waals surface area contributed by atoms with Gasteiger partial charge in [-0.05, 0) is 36.6 Å². The monoisotopic (exact) mass is 422 g/mol. The van der Waals surface area contributed by atoms with Crippen LogP contribution in [0.1, 0.15) is 18.4 Å². The summed E-state index contributed by atoms with van der Waals surface area (Å²) in [5.41, 5.74) is 1.21. The molecule has 0 unspecified atom stereocenters. The Hall–Kier alpha value is -2.09. The first-order chi connectivity index (χ1) is 13.4. The van der Waals surface area contributed by atoms with E-state index in [1.165, 1.54) is 11.4 Å². The van der Waals surface area contributed by atoms with Crippen molar-refractivity contribution in [2.24, 2.45) is 5.92 Å². The molecule has 1 atom stereocenters. The number of benzene rings is 2. The summed E-state index contributed by atoms with van der Waals surface area (Å²) in [6.07, 6.45) is 1.27. The number of ether oxygens (including phenoxy) is 1. The first-order valence-electron chi connectivity index (χ1n) is 9.05. The lowest BCUT2D eigenvalue weighted by Gasteiger charge is -2.31. The van der Waals surface area contributed by atoms with Crippen LogP contribution < -0.4 is 10.1 Å². The van der Waals surface area contributed by atoms with Gasteiger partial charge in [0.1, 0.15) is 5.75 Å². The standard InChI is InChI=1S/C20H23ClN2O4S/c1-27-19-10-9-17(21)12-18(19)22-20(24)16-8-5-11-23(13-16)28(25,26)14-15-6-3-2-4-7-15/h2-4,6-7,9-10,12,16H,5,8,11,13-14H2,1H3,(H,22,24)/t16-/m0/s1. The van der Waals surface area contributed by atoms with Crippen molar-refractivity contribution >= 4 is 33.2 Å². The zero-order chi connectivity index (χ0) is 20.1. The Morgan fingerprint density at radius 1 is 1.25 bits per heavy atom. The maximum absolute atomic E-state index is 12.8. The van der Waals surface area contributed by atoms with Crippen LogP contribution in [0.25, 0.3) is 0 Å². The topological polar surface area (TPSA) is 75.7 Å². The summed E-state index contributed by atoms with van der Waals surface area (Å²) < 4.78 is 32.2. The van der Waals surface area contributed by atoms with E-state index >= 15 is 0 Å². The predicted octanol–water partition coefficient (Wildman–Crippen LogP) is 3.53. The normalized spacial score (nSPS) is 17.9. The Morgan fingerprint density at radius 2 is 2.00 bits per heavy atom. The van der Waals surface area contributed by atoms with Gasteiger partial charge in [0.2, 0.25) is 15.9 Å². The lowest BCUT2D eigenvalue weighted by atomic mass is 9.98.